The Kier molecular flexibility index (Phi) is 3.43. The van der Waals surface area contributed by atoms with E-state index in [1.54, 1.807) is 17.8 Å². The SMILES string of the molecule is COc1cc(-c2ccc(N(C)C)nc2)cn2ncc(Cl)c12. The minimum Gasteiger partial charge on any atom is -0.494 e. The molecule has 6 heteroatoms. The largest absolute Gasteiger partial charge is 0.494 e. The summed E-state index contributed by atoms with van der Waals surface area (Å²) >= 11 is 6.13. The maximum Gasteiger partial charge on any atom is 0.146 e. The summed E-state index contributed by atoms with van der Waals surface area (Å²) in [5, 5.41) is 4.80. The van der Waals surface area contributed by atoms with Crippen molar-refractivity contribution in [3.8, 4) is 16.9 Å². The first kappa shape index (κ1) is 13.7. The number of rotatable bonds is 3. The Morgan fingerprint density at radius 2 is 2.00 bits per heavy atom. The van der Waals surface area contributed by atoms with Crippen LogP contribution in [-0.2, 0) is 0 Å². The van der Waals surface area contributed by atoms with Crippen LogP contribution in [0.3, 0.4) is 0 Å². The van der Waals surface area contributed by atoms with Crippen LogP contribution in [0.25, 0.3) is 16.6 Å². The van der Waals surface area contributed by atoms with Gasteiger partial charge in [-0.1, -0.05) is 11.6 Å². The second-order valence-electron chi connectivity index (χ2n) is 4.88. The van der Waals surface area contributed by atoms with Gasteiger partial charge in [-0.15, -0.1) is 0 Å². The lowest BCUT2D eigenvalue weighted by molar-refractivity contribution is 0.417. The van der Waals surface area contributed by atoms with Gasteiger partial charge in [-0.25, -0.2) is 9.50 Å². The van der Waals surface area contributed by atoms with Crippen LogP contribution in [0, 0.1) is 0 Å². The van der Waals surface area contributed by atoms with Crippen LogP contribution in [0.2, 0.25) is 5.02 Å². The highest BCUT2D eigenvalue weighted by atomic mass is 35.5. The topological polar surface area (TPSA) is 42.7 Å². The number of pyridine rings is 2. The van der Waals surface area contributed by atoms with Crippen molar-refractivity contribution >= 4 is 22.9 Å². The average molecular weight is 303 g/mol. The number of nitrogens with zero attached hydrogens (tertiary/aromatic N) is 4. The molecular formula is C15H15ClN4O. The number of methoxy groups -OCH3 is 1. The fourth-order valence-electron chi connectivity index (χ4n) is 2.18. The molecule has 0 fully saturated rings. The lowest BCUT2D eigenvalue weighted by Crippen LogP contribution is -2.10. The minimum absolute atomic E-state index is 0.569. The molecule has 3 heterocycles. The van der Waals surface area contributed by atoms with Crippen molar-refractivity contribution in [2.45, 2.75) is 0 Å². The first-order valence-electron chi connectivity index (χ1n) is 6.45. The van der Waals surface area contributed by atoms with Gasteiger partial charge in [0.2, 0.25) is 0 Å². The van der Waals surface area contributed by atoms with E-state index in [0.29, 0.717) is 10.8 Å². The smallest absolute Gasteiger partial charge is 0.146 e. The first-order chi connectivity index (χ1) is 10.1. The molecule has 0 aliphatic heterocycles. The molecular weight excluding hydrogens is 288 g/mol. The standard InChI is InChI=1S/C15H15ClN4O/c1-19(2)14-5-4-10(7-17-14)11-6-13(21-3)15-12(16)8-18-20(15)9-11/h4-9H,1-3H3. The Balaban J connectivity index is 2.11. The molecule has 0 aliphatic carbocycles. The lowest BCUT2D eigenvalue weighted by Gasteiger charge is -2.12. The van der Waals surface area contributed by atoms with Crippen LogP contribution in [-0.4, -0.2) is 35.8 Å². The molecule has 3 aromatic heterocycles. The molecule has 0 aliphatic rings. The molecule has 0 bridgehead atoms. The van der Waals surface area contributed by atoms with Gasteiger partial charge in [0.05, 0.1) is 18.3 Å². The van der Waals surface area contributed by atoms with E-state index < -0.39 is 0 Å². The number of anilines is 1. The summed E-state index contributed by atoms with van der Waals surface area (Å²) < 4.78 is 7.14. The molecule has 0 unspecified atom stereocenters. The molecule has 108 valence electrons. The number of hydrogen-bond donors (Lipinski definition) is 0. The third kappa shape index (κ3) is 2.40. The predicted molar refractivity (Wildman–Crippen MR) is 84.3 cm³/mol. The molecule has 3 rings (SSSR count). The summed E-state index contributed by atoms with van der Waals surface area (Å²) in [6, 6.07) is 5.94. The normalized spacial score (nSPS) is 10.9. The van der Waals surface area contributed by atoms with Crippen molar-refractivity contribution in [3.63, 3.8) is 0 Å². The Morgan fingerprint density at radius 3 is 2.62 bits per heavy atom. The summed E-state index contributed by atoms with van der Waals surface area (Å²) in [5.74, 6) is 1.60. The summed E-state index contributed by atoms with van der Waals surface area (Å²) in [4.78, 5) is 6.38. The van der Waals surface area contributed by atoms with E-state index in [2.05, 4.69) is 10.1 Å². The minimum atomic E-state index is 0.569. The number of ether oxygens (including phenoxy) is 1. The zero-order valence-electron chi connectivity index (χ0n) is 12.0. The summed E-state index contributed by atoms with van der Waals surface area (Å²) in [6.07, 6.45) is 5.35. The molecule has 0 radical (unpaired) electrons. The second kappa shape index (κ2) is 5.26. The van der Waals surface area contributed by atoms with Gasteiger partial charge in [0.15, 0.2) is 0 Å². The van der Waals surface area contributed by atoms with E-state index in [4.69, 9.17) is 16.3 Å². The van der Waals surface area contributed by atoms with Gasteiger partial charge in [-0.2, -0.15) is 5.10 Å². The van der Waals surface area contributed by atoms with Gasteiger partial charge < -0.3 is 9.64 Å². The van der Waals surface area contributed by atoms with E-state index in [0.717, 1.165) is 22.5 Å². The van der Waals surface area contributed by atoms with Crippen molar-refractivity contribution < 1.29 is 4.74 Å². The van der Waals surface area contributed by atoms with Crippen LogP contribution in [0.15, 0.2) is 36.8 Å². The Morgan fingerprint density at radius 1 is 1.19 bits per heavy atom. The number of hydrogen-bond acceptors (Lipinski definition) is 4. The van der Waals surface area contributed by atoms with Crippen molar-refractivity contribution in [1.82, 2.24) is 14.6 Å². The van der Waals surface area contributed by atoms with Gasteiger partial charge in [0, 0.05) is 37.6 Å². The molecule has 3 aromatic rings. The van der Waals surface area contributed by atoms with Crippen LogP contribution in [0.1, 0.15) is 0 Å². The zero-order chi connectivity index (χ0) is 15.0. The molecule has 5 nitrogen and oxygen atoms in total. The third-order valence-electron chi connectivity index (χ3n) is 3.29. The monoisotopic (exact) mass is 302 g/mol. The number of halogens is 1. The lowest BCUT2D eigenvalue weighted by atomic mass is 10.1. The van der Waals surface area contributed by atoms with Crippen molar-refractivity contribution in [3.05, 3.63) is 41.8 Å². The van der Waals surface area contributed by atoms with Gasteiger partial charge in [-0.05, 0) is 18.2 Å². The summed E-state index contributed by atoms with van der Waals surface area (Å²) in [5.41, 5.74) is 2.73. The molecule has 0 saturated heterocycles. The fraction of sp³-hybridized carbons (Fsp3) is 0.200. The maximum atomic E-state index is 6.13. The first-order valence-corrected chi connectivity index (χ1v) is 6.82. The van der Waals surface area contributed by atoms with E-state index in [9.17, 15) is 0 Å². The molecule has 21 heavy (non-hydrogen) atoms. The Hall–Kier alpha value is -2.27. The highest BCUT2D eigenvalue weighted by molar-refractivity contribution is 6.34. The zero-order valence-corrected chi connectivity index (χ0v) is 12.8. The van der Waals surface area contributed by atoms with E-state index >= 15 is 0 Å². The van der Waals surface area contributed by atoms with Crippen LogP contribution < -0.4 is 9.64 Å². The van der Waals surface area contributed by atoms with Gasteiger partial charge in [0.25, 0.3) is 0 Å². The highest BCUT2D eigenvalue weighted by Crippen LogP contribution is 2.31. The van der Waals surface area contributed by atoms with Gasteiger partial charge in [-0.3, -0.25) is 0 Å². The van der Waals surface area contributed by atoms with Gasteiger partial charge in [0.1, 0.15) is 17.1 Å². The average Bonchev–Trinajstić information content (AvgIpc) is 2.88. The van der Waals surface area contributed by atoms with E-state index in [1.165, 1.54) is 0 Å². The van der Waals surface area contributed by atoms with Crippen LogP contribution in [0.5, 0.6) is 5.75 Å². The van der Waals surface area contributed by atoms with Crippen LogP contribution in [0.4, 0.5) is 5.82 Å². The maximum absolute atomic E-state index is 6.13. The fourth-order valence-corrected chi connectivity index (χ4v) is 2.41. The molecule has 0 atom stereocenters. The quantitative estimate of drug-likeness (QED) is 0.745. The van der Waals surface area contributed by atoms with Gasteiger partial charge >= 0.3 is 0 Å². The predicted octanol–water partition coefficient (Wildman–Crippen LogP) is 3.12. The highest BCUT2D eigenvalue weighted by Gasteiger charge is 2.11. The van der Waals surface area contributed by atoms with Crippen molar-refractivity contribution in [2.75, 3.05) is 26.1 Å². The molecule has 0 amide bonds. The van der Waals surface area contributed by atoms with Crippen LogP contribution >= 0.6 is 11.6 Å². The third-order valence-corrected chi connectivity index (χ3v) is 3.57. The molecule has 0 aromatic carbocycles. The van der Waals surface area contributed by atoms with E-state index in [1.807, 2.05) is 49.6 Å². The Bertz CT molecular complexity index is 780. The number of fused-ring (bicyclic) bond motifs is 1. The second-order valence-corrected chi connectivity index (χ2v) is 5.29. The molecule has 0 spiro atoms. The molecule has 0 N–H and O–H groups in total. The molecule has 0 saturated carbocycles. The number of aromatic nitrogens is 3. The summed E-state index contributed by atoms with van der Waals surface area (Å²) in [7, 11) is 5.54. The van der Waals surface area contributed by atoms with E-state index in [-0.39, 0.29) is 0 Å². The Labute approximate surface area is 127 Å². The van der Waals surface area contributed by atoms with Crippen molar-refractivity contribution in [2.24, 2.45) is 0 Å². The van der Waals surface area contributed by atoms with Crippen molar-refractivity contribution in [1.29, 1.82) is 0 Å². The summed E-state index contributed by atoms with van der Waals surface area (Å²) in [6.45, 7) is 0.